The van der Waals surface area contributed by atoms with Gasteiger partial charge in [-0.25, -0.2) is 0 Å². The Kier molecular flexibility index (Phi) is 6.56. The minimum absolute atomic E-state index is 0.121. The van der Waals surface area contributed by atoms with Crippen LogP contribution in [-0.2, 0) is 6.42 Å². The highest BCUT2D eigenvalue weighted by atomic mass is 16.5. The normalized spacial score (nSPS) is 24.3. The molecule has 0 spiro atoms. The van der Waals surface area contributed by atoms with Gasteiger partial charge in [0.15, 0.2) is 0 Å². The van der Waals surface area contributed by atoms with E-state index in [2.05, 4.69) is 26.0 Å². The quantitative estimate of drug-likeness (QED) is 0.507. The molecule has 150 valence electrons. The zero-order valence-corrected chi connectivity index (χ0v) is 17.3. The fourth-order valence-corrected chi connectivity index (χ4v) is 4.82. The summed E-state index contributed by atoms with van der Waals surface area (Å²) in [4.78, 5) is 11.4. The molecule has 3 heteroatoms. The molecule has 0 fully saturated rings. The second kappa shape index (κ2) is 8.91. The van der Waals surface area contributed by atoms with Gasteiger partial charge in [0.25, 0.3) is 0 Å². The van der Waals surface area contributed by atoms with Crippen molar-refractivity contribution in [2.75, 3.05) is 7.11 Å². The van der Waals surface area contributed by atoms with E-state index in [1.165, 1.54) is 5.56 Å². The molecule has 0 saturated carbocycles. The first kappa shape index (κ1) is 20.6. The standard InChI is InChI=1S/C25H32O3/c1-4-6-13-25(5-2)14-12-19-11-10-18(17-26)15-22(19)23(24(25)27)20-8-7-9-21(16-20)28-3/h7-11,15-17,23-24,27H,4-6,12-14H2,1-3H3/t23-,24-,25+/m0/s1. The van der Waals surface area contributed by atoms with Crippen molar-refractivity contribution in [3.63, 3.8) is 0 Å². The van der Waals surface area contributed by atoms with Gasteiger partial charge in [-0.1, -0.05) is 51.0 Å². The Morgan fingerprint density at radius 2 is 2.04 bits per heavy atom. The molecule has 1 aliphatic rings. The zero-order valence-electron chi connectivity index (χ0n) is 17.3. The van der Waals surface area contributed by atoms with E-state index in [1.54, 1.807) is 7.11 Å². The van der Waals surface area contributed by atoms with Crippen LogP contribution in [0.15, 0.2) is 42.5 Å². The van der Waals surface area contributed by atoms with Crippen molar-refractivity contribution < 1.29 is 14.6 Å². The summed E-state index contributed by atoms with van der Waals surface area (Å²) in [5, 5.41) is 11.8. The summed E-state index contributed by atoms with van der Waals surface area (Å²) in [5.74, 6) is 0.627. The Bertz CT molecular complexity index is 813. The molecule has 0 saturated heterocycles. The third-order valence-electron chi connectivity index (χ3n) is 6.66. The second-order valence-electron chi connectivity index (χ2n) is 8.09. The summed E-state index contributed by atoms with van der Waals surface area (Å²) >= 11 is 0. The molecule has 1 N–H and O–H groups in total. The van der Waals surface area contributed by atoms with Crippen LogP contribution in [0.4, 0.5) is 0 Å². The van der Waals surface area contributed by atoms with E-state index in [4.69, 9.17) is 4.74 Å². The molecule has 0 aromatic heterocycles. The largest absolute Gasteiger partial charge is 0.497 e. The molecule has 28 heavy (non-hydrogen) atoms. The highest BCUT2D eigenvalue weighted by molar-refractivity contribution is 5.75. The molecule has 3 rings (SSSR count). The number of carbonyl (C=O) groups excluding carboxylic acids is 1. The summed E-state index contributed by atoms with van der Waals surface area (Å²) < 4.78 is 5.45. The van der Waals surface area contributed by atoms with Crippen LogP contribution in [0.5, 0.6) is 5.75 Å². The number of aryl methyl sites for hydroxylation is 1. The maximum atomic E-state index is 11.8. The molecule has 0 aliphatic heterocycles. The van der Waals surface area contributed by atoms with E-state index in [-0.39, 0.29) is 11.3 Å². The van der Waals surface area contributed by atoms with Gasteiger partial charge >= 0.3 is 0 Å². The predicted octanol–water partition coefficient (Wildman–Crippen LogP) is 5.53. The number of unbranched alkanes of at least 4 members (excludes halogenated alkanes) is 1. The number of fused-ring (bicyclic) bond motifs is 1. The number of aldehydes is 1. The molecule has 0 unspecified atom stereocenters. The number of aliphatic hydroxyl groups excluding tert-OH is 1. The summed E-state index contributed by atoms with van der Waals surface area (Å²) in [7, 11) is 1.67. The highest BCUT2D eigenvalue weighted by Crippen LogP contribution is 2.49. The van der Waals surface area contributed by atoms with Crippen LogP contribution in [0.2, 0.25) is 0 Å². The Morgan fingerprint density at radius 3 is 2.71 bits per heavy atom. The fourth-order valence-electron chi connectivity index (χ4n) is 4.82. The number of hydrogen-bond acceptors (Lipinski definition) is 3. The molecule has 3 nitrogen and oxygen atoms in total. The van der Waals surface area contributed by atoms with Gasteiger partial charge in [0.2, 0.25) is 0 Å². The fraction of sp³-hybridized carbons (Fsp3) is 0.480. The average molecular weight is 381 g/mol. The molecule has 3 atom stereocenters. The van der Waals surface area contributed by atoms with Crippen molar-refractivity contribution in [3.05, 3.63) is 64.7 Å². The van der Waals surface area contributed by atoms with Gasteiger partial charge < -0.3 is 9.84 Å². The van der Waals surface area contributed by atoms with E-state index in [0.717, 1.165) is 61.7 Å². The third-order valence-corrected chi connectivity index (χ3v) is 6.66. The SMILES string of the molecule is CCCC[C@]1(CC)CCc2ccc(C=O)cc2[C@H](c2cccc(OC)c2)[C@@H]1O. The molecule has 2 aromatic rings. The summed E-state index contributed by atoms with van der Waals surface area (Å²) in [6, 6.07) is 13.9. The first-order chi connectivity index (χ1) is 13.6. The number of methoxy groups -OCH3 is 1. The topological polar surface area (TPSA) is 46.5 Å². The first-order valence-electron chi connectivity index (χ1n) is 10.5. The van der Waals surface area contributed by atoms with Gasteiger partial charge in [-0.15, -0.1) is 0 Å². The Balaban J connectivity index is 2.17. The van der Waals surface area contributed by atoms with Gasteiger partial charge in [-0.3, -0.25) is 4.79 Å². The van der Waals surface area contributed by atoms with Crippen LogP contribution in [0.3, 0.4) is 0 Å². The molecule has 0 bridgehead atoms. The van der Waals surface area contributed by atoms with Crippen molar-refractivity contribution in [1.29, 1.82) is 0 Å². The first-order valence-corrected chi connectivity index (χ1v) is 10.5. The number of aliphatic hydroxyl groups is 1. The van der Waals surface area contributed by atoms with Crippen LogP contribution in [0.1, 0.15) is 78.9 Å². The molecule has 2 aromatic carbocycles. The lowest BCUT2D eigenvalue weighted by atomic mass is 9.67. The zero-order chi connectivity index (χ0) is 20.1. The Hall–Kier alpha value is -2.13. The molecule has 0 heterocycles. The van der Waals surface area contributed by atoms with E-state index < -0.39 is 6.10 Å². The van der Waals surface area contributed by atoms with Crippen molar-refractivity contribution >= 4 is 6.29 Å². The minimum Gasteiger partial charge on any atom is -0.497 e. The average Bonchev–Trinajstić information content (AvgIpc) is 2.86. The van der Waals surface area contributed by atoms with E-state index in [0.29, 0.717) is 5.56 Å². The van der Waals surface area contributed by atoms with Crippen LogP contribution >= 0.6 is 0 Å². The van der Waals surface area contributed by atoms with Crippen molar-refractivity contribution in [2.45, 2.75) is 64.4 Å². The lowest BCUT2D eigenvalue weighted by Gasteiger charge is -2.40. The Labute approximate surface area is 168 Å². The number of benzene rings is 2. The monoisotopic (exact) mass is 380 g/mol. The number of hydrogen-bond donors (Lipinski definition) is 1. The minimum atomic E-state index is -0.501. The maximum absolute atomic E-state index is 11.8. The molecule has 0 amide bonds. The molecule has 0 radical (unpaired) electrons. The molecular weight excluding hydrogens is 348 g/mol. The third kappa shape index (κ3) is 3.86. The van der Waals surface area contributed by atoms with E-state index in [9.17, 15) is 9.90 Å². The molecular formula is C25H32O3. The summed E-state index contributed by atoms with van der Waals surface area (Å²) in [6.45, 7) is 4.41. The van der Waals surface area contributed by atoms with Gasteiger partial charge in [-0.2, -0.15) is 0 Å². The smallest absolute Gasteiger partial charge is 0.150 e. The van der Waals surface area contributed by atoms with Crippen LogP contribution in [0.25, 0.3) is 0 Å². The number of rotatable bonds is 7. The Morgan fingerprint density at radius 1 is 1.21 bits per heavy atom. The van der Waals surface area contributed by atoms with Gasteiger partial charge in [0.05, 0.1) is 13.2 Å². The van der Waals surface area contributed by atoms with Crippen LogP contribution in [-0.4, -0.2) is 24.6 Å². The van der Waals surface area contributed by atoms with Crippen molar-refractivity contribution in [2.24, 2.45) is 5.41 Å². The van der Waals surface area contributed by atoms with E-state index in [1.807, 2.05) is 30.3 Å². The van der Waals surface area contributed by atoms with Crippen molar-refractivity contribution in [3.8, 4) is 5.75 Å². The van der Waals surface area contributed by atoms with Crippen LogP contribution < -0.4 is 4.74 Å². The van der Waals surface area contributed by atoms with E-state index >= 15 is 0 Å². The number of ether oxygens (including phenoxy) is 1. The predicted molar refractivity (Wildman–Crippen MR) is 113 cm³/mol. The highest BCUT2D eigenvalue weighted by Gasteiger charge is 2.43. The number of carbonyl (C=O) groups is 1. The maximum Gasteiger partial charge on any atom is 0.150 e. The van der Waals surface area contributed by atoms with Crippen molar-refractivity contribution in [1.82, 2.24) is 0 Å². The van der Waals surface area contributed by atoms with Crippen LogP contribution in [0, 0.1) is 5.41 Å². The summed E-state index contributed by atoms with van der Waals surface area (Å²) in [5.41, 5.74) is 3.91. The second-order valence-corrected chi connectivity index (χ2v) is 8.09. The lowest BCUT2D eigenvalue weighted by Crippen LogP contribution is -2.38. The lowest BCUT2D eigenvalue weighted by molar-refractivity contribution is -0.00159. The van der Waals surface area contributed by atoms with Gasteiger partial charge in [-0.05, 0) is 66.0 Å². The van der Waals surface area contributed by atoms with Gasteiger partial charge in [0.1, 0.15) is 12.0 Å². The summed E-state index contributed by atoms with van der Waals surface area (Å²) in [6.07, 6.45) is 6.51. The molecule has 1 aliphatic carbocycles. The van der Waals surface area contributed by atoms with Gasteiger partial charge in [0, 0.05) is 11.5 Å².